The van der Waals surface area contributed by atoms with Crippen molar-refractivity contribution in [1.82, 2.24) is 4.98 Å². The van der Waals surface area contributed by atoms with E-state index in [0.717, 1.165) is 21.4 Å². The first-order chi connectivity index (χ1) is 9.56. The first-order valence-electron chi connectivity index (χ1n) is 5.55. The second-order valence-corrected chi connectivity index (χ2v) is 6.32. The smallest absolute Gasteiger partial charge is 0.131 e. The number of aryl methyl sites for hydroxylation is 1. The van der Waals surface area contributed by atoms with E-state index in [9.17, 15) is 0 Å². The minimum Gasteiger partial charge on any atom is -0.337 e. The van der Waals surface area contributed by atoms with E-state index in [0.29, 0.717) is 32.9 Å². The van der Waals surface area contributed by atoms with E-state index in [-0.39, 0.29) is 0 Å². The van der Waals surface area contributed by atoms with Crippen LogP contribution in [0.25, 0.3) is 0 Å². The van der Waals surface area contributed by atoms with E-state index in [1.807, 2.05) is 13.0 Å². The lowest BCUT2D eigenvalue weighted by Crippen LogP contribution is -1.95. The van der Waals surface area contributed by atoms with Crippen LogP contribution in [-0.2, 0) is 11.4 Å². The van der Waals surface area contributed by atoms with Crippen LogP contribution in [0.5, 0.6) is 0 Å². The molecular formula is C12H7BrCl2N4S. The summed E-state index contributed by atoms with van der Waals surface area (Å²) in [5.41, 5.74) is 3.02. The topological polar surface area (TPSA) is 49.6 Å². The minimum absolute atomic E-state index is 0.484. The molecule has 102 valence electrons. The van der Waals surface area contributed by atoms with E-state index < -0.39 is 0 Å². The van der Waals surface area contributed by atoms with Gasteiger partial charge in [0.2, 0.25) is 0 Å². The van der Waals surface area contributed by atoms with Gasteiger partial charge in [-0.2, -0.15) is 8.73 Å². The molecule has 0 bridgehead atoms. The van der Waals surface area contributed by atoms with E-state index in [2.05, 4.69) is 35.0 Å². The van der Waals surface area contributed by atoms with E-state index >= 15 is 0 Å². The fourth-order valence-corrected chi connectivity index (χ4v) is 3.11. The Labute approximate surface area is 137 Å². The lowest BCUT2D eigenvalue weighted by atomic mass is 10.2. The average molecular weight is 390 g/mol. The van der Waals surface area contributed by atoms with E-state index in [1.165, 1.54) is 0 Å². The molecule has 3 rings (SSSR count). The molecule has 1 aromatic carbocycles. The monoisotopic (exact) mass is 388 g/mol. The zero-order valence-electron chi connectivity index (χ0n) is 10.1. The van der Waals surface area contributed by atoms with Crippen molar-refractivity contribution in [2.45, 2.75) is 6.92 Å². The van der Waals surface area contributed by atoms with Crippen LogP contribution >= 0.6 is 39.1 Å². The number of benzene rings is 1. The highest BCUT2D eigenvalue weighted by Crippen LogP contribution is 2.48. The number of hydrogen-bond acceptors (Lipinski definition) is 4. The molecule has 0 radical (unpaired) electrons. The van der Waals surface area contributed by atoms with Gasteiger partial charge in [0.15, 0.2) is 0 Å². The van der Waals surface area contributed by atoms with Gasteiger partial charge in [-0.05, 0) is 40.5 Å². The molecule has 0 unspecified atom stereocenters. The molecule has 0 aliphatic carbocycles. The molecule has 8 heteroatoms. The maximum atomic E-state index is 6.24. The summed E-state index contributed by atoms with van der Waals surface area (Å²) >= 11 is 16.8. The Morgan fingerprint density at radius 3 is 2.65 bits per heavy atom. The van der Waals surface area contributed by atoms with Crippen LogP contribution in [0.2, 0.25) is 10.0 Å². The molecule has 2 heterocycles. The highest BCUT2D eigenvalue weighted by Gasteiger charge is 2.19. The van der Waals surface area contributed by atoms with E-state index in [4.69, 9.17) is 23.2 Å². The Kier molecular flexibility index (Phi) is 3.81. The highest BCUT2D eigenvalue weighted by atomic mass is 79.9. The second kappa shape index (κ2) is 5.44. The number of aromatic nitrogens is 1. The molecule has 1 aromatic heterocycles. The van der Waals surface area contributed by atoms with Gasteiger partial charge >= 0.3 is 0 Å². The van der Waals surface area contributed by atoms with Crippen molar-refractivity contribution in [3.8, 4) is 0 Å². The summed E-state index contributed by atoms with van der Waals surface area (Å²) in [7, 11) is 0. The molecule has 1 aliphatic heterocycles. The summed E-state index contributed by atoms with van der Waals surface area (Å²) in [6, 6.07) is 3.57. The Bertz CT molecular complexity index is 788. The Morgan fingerprint density at radius 2 is 1.90 bits per heavy atom. The van der Waals surface area contributed by atoms with Crippen LogP contribution in [0.1, 0.15) is 5.56 Å². The van der Waals surface area contributed by atoms with Crippen molar-refractivity contribution < 1.29 is 0 Å². The van der Waals surface area contributed by atoms with Gasteiger partial charge in [0, 0.05) is 10.7 Å². The number of rotatable bonds is 2. The number of nitrogens with one attached hydrogen (secondary N) is 1. The molecule has 0 fully saturated rings. The fourth-order valence-electron chi connectivity index (χ4n) is 1.73. The van der Waals surface area contributed by atoms with Crippen LogP contribution < -0.4 is 5.32 Å². The molecule has 20 heavy (non-hydrogen) atoms. The number of nitrogens with zero attached hydrogens (tertiary/aromatic N) is 3. The Hall–Kier alpha value is -0.950. The summed E-state index contributed by atoms with van der Waals surface area (Å²) in [5, 5.41) is 4.15. The first-order valence-corrected chi connectivity index (χ1v) is 7.83. The molecule has 1 aliphatic rings. The van der Waals surface area contributed by atoms with Crippen LogP contribution in [-0.4, -0.2) is 4.98 Å². The van der Waals surface area contributed by atoms with Gasteiger partial charge in [-0.3, -0.25) is 0 Å². The zero-order chi connectivity index (χ0) is 14.3. The number of pyridine rings is 1. The molecule has 0 spiro atoms. The third-order valence-corrected chi connectivity index (χ3v) is 4.69. The predicted molar refractivity (Wildman–Crippen MR) is 88.0 cm³/mol. The van der Waals surface area contributed by atoms with Crippen LogP contribution in [0.15, 0.2) is 31.5 Å². The highest BCUT2D eigenvalue weighted by molar-refractivity contribution is 9.10. The third kappa shape index (κ3) is 2.48. The maximum Gasteiger partial charge on any atom is 0.131 e. The van der Waals surface area contributed by atoms with Crippen molar-refractivity contribution in [2.24, 2.45) is 8.73 Å². The molecule has 0 atom stereocenters. The van der Waals surface area contributed by atoms with Gasteiger partial charge in [0.05, 0.1) is 27.1 Å². The quantitative estimate of drug-likeness (QED) is 0.590. The fraction of sp³-hybridized carbons (Fsp3) is 0.0833. The first kappa shape index (κ1) is 14.0. The van der Waals surface area contributed by atoms with Gasteiger partial charge in [0.25, 0.3) is 0 Å². The molecule has 2 aromatic rings. The summed E-state index contributed by atoms with van der Waals surface area (Å²) in [6.45, 7) is 1.99. The Balaban J connectivity index is 2.06. The largest absolute Gasteiger partial charge is 0.337 e. The van der Waals surface area contributed by atoms with Gasteiger partial charge in [0.1, 0.15) is 17.2 Å². The maximum absolute atomic E-state index is 6.24. The van der Waals surface area contributed by atoms with Crippen molar-refractivity contribution >= 4 is 73.4 Å². The van der Waals surface area contributed by atoms with Gasteiger partial charge in [-0.25, -0.2) is 4.98 Å². The van der Waals surface area contributed by atoms with Crippen molar-refractivity contribution in [3.05, 3.63) is 38.4 Å². The van der Waals surface area contributed by atoms with Gasteiger partial charge in [-0.1, -0.05) is 23.2 Å². The lowest BCUT2D eigenvalue weighted by Gasteiger charge is -2.12. The molecule has 1 N–H and O–H groups in total. The normalized spacial score (nSPS) is 12.2. The Morgan fingerprint density at radius 1 is 1.15 bits per heavy atom. The summed E-state index contributed by atoms with van der Waals surface area (Å²) in [4.78, 5) is 4.29. The number of hydrogen-bond donors (Lipinski definition) is 1. The predicted octanol–water partition coefficient (Wildman–Crippen LogP) is 5.93. The summed E-state index contributed by atoms with van der Waals surface area (Å²) < 4.78 is 9.35. The van der Waals surface area contributed by atoms with Gasteiger partial charge in [-0.15, -0.1) is 0 Å². The van der Waals surface area contributed by atoms with Crippen molar-refractivity contribution in [1.29, 1.82) is 0 Å². The lowest BCUT2D eigenvalue weighted by molar-refractivity contribution is 1.25. The number of fused-ring (bicyclic) bond motifs is 1. The van der Waals surface area contributed by atoms with E-state index in [1.54, 1.807) is 12.3 Å². The zero-order valence-corrected chi connectivity index (χ0v) is 14.0. The molecule has 0 amide bonds. The number of anilines is 2. The van der Waals surface area contributed by atoms with Crippen molar-refractivity contribution in [2.75, 3.05) is 5.32 Å². The van der Waals surface area contributed by atoms with Crippen LogP contribution in [0.3, 0.4) is 0 Å². The molecule has 0 saturated heterocycles. The van der Waals surface area contributed by atoms with Crippen LogP contribution in [0.4, 0.5) is 22.9 Å². The van der Waals surface area contributed by atoms with Crippen LogP contribution in [0, 0.1) is 6.92 Å². The van der Waals surface area contributed by atoms with Gasteiger partial charge < -0.3 is 5.32 Å². The minimum atomic E-state index is 0.484. The second-order valence-electron chi connectivity index (χ2n) is 4.12. The number of halogens is 3. The molecule has 4 nitrogen and oxygen atoms in total. The third-order valence-electron chi connectivity index (χ3n) is 2.74. The van der Waals surface area contributed by atoms with Crippen molar-refractivity contribution in [3.63, 3.8) is 0 Å². The average Bonchev–Trinajstić information content (AvgIpc) is 2.88. The summed E-state index contributed by atoms with van der Waals surface area (Å²) in [6.07, 6.45) is 1.73. The molecule has 0 saturated carbocycles. The standard InChI is InChI=1S/C12H7BrCl2N4S/c1-5-2-9(16-4-6(5)13)17-10-7(14)3-8(15)11-12(10)19-20-18-11/h2-4H,1H3,(H,16,17). The molecular weight excluding hydrogens is 383 g/mol. The SMILES string of the molecule is Cc1cc(Nc2c(Cl)cc(Cl)c3c2N=S=N3)ncc1Br. The summed E-state index contributed by atoms with van der Waals surface area (Å²) in [5.74, 6) is 0.684.